The normalized spacial score (nSPS) is 17.6. The van der Waals surface area contributed by atoms with Crippen molar-refractivity contribution in [1.82, 2.24) is 4.98 Å². The number of nitrogens with one attached hydrogen (secondary N) is 1. The smallest absolute Gasteiger partial charge is 0.224 e. The van der Waals surface area contributed by atoms with E-state index in [4.69, 9.17) is 0 Å². The number of aromatic nitrogens is 1. The second-order valence-electron chi connectivity index (χ2n) is 5.35. The molecular formula is C17H18N2O. The summed E-state index contributed by atoms with van der Waals surface area (Å²) < 4.78 is 0. The van der Waals surface area contributed by atoms with Gasteiger partial charge in [-0.1, -0.05) is 18.2 Å². The average molecular weight is 266 g/mol. The molecule has 1 aromatic heterocycles. The van der Waals surface area contributed by atoms with Crippen LogP contribution in [0.2, 0.25) is 0 Å². The van der Waals surface area contributed by atoms with Gasteiger partial charge in [0.2, 0.25) is 5.91 Å². The van der Waals surface area contributed by atoms with E-state index in [9.17, 15) is 4.79 Å². The maximum Gasteiger partial charge on any atom is 0.224 e. The van der Waals surface area contributed by atoms with Gasteiger partial charge in [-0.3, -0.25) is 9.78 Å². The Morgan fingerprint density at radius 2 is 2.30 bits per heavy atom. The lowest BCUT2D eigenvalue weighted by Crippen LogP contribution is -2.15. The number of allylic oxidation sites excluding steroid dienone is 2. The number of hydrogen-bond donors (Lipinski definition) is 1. The molecule has 1 aliphatic carbocycles. The Morgan fingerprint density at radius 3 is 3.10 bits per heavy atom. The maximum atomic E-state index is 12.1. The Kier molecular flexibility index (Phi) is 3.50. The molecule has 1 aliphatic rings. The van der Waals surface area contributed by atoms with E-state index < -0.39 is 0 Å². The summed E-state index contributed by atoms with van der Waals surface area (Å²) in [4.78, 5) is 16.5. The van der Waals surface area contributed by atoms with Crippen molar-refractivity contribution >= 4 is 22.5 Å². The SMILES string of the molecule is Cc1ccc(NC(=O)CC2C=CCC2)c2cccnc12. The summed E-state index contributed by atoms with van der Waals surface area (Å²) in [5.41, 5.74) is 2.93. The molecule has 3 nitrogen and oxygen atoms in total. The number of hydrogen-bond acceptors (Lipinski definition) is 2. The molecule has 20 heavy (non-hydrogen) atoms. The van der Waals surface area contributed by atoms with Crippen LogP contribution >= 0.6 is 0 Å². The molecular weight excluding hydrogens is 248 g/mol. The van der Waals surface area contributed by atoms with Gasteiger partial charge >= 0.3 is 0 Å². The monoisotopic (exact) mass is 266 g/mol. The summed E-state index contributed by atoms with van der Waals surface area (Å²) in [6.07, 6.45) is 8.83. The molecule has 0 aliphatic heterocycles. The van der Waals surface area contributed by atoms with Gasteiger partial charge in [0, 0.05) is 18.0 Å². The Balaban J connectivity index is 1.82. The van der Waals surface area contributed by atoms with Gasteiger partial charge in [0.25, 0.3) is 0 Å². The summed E-state index contributed by atoms with van der Waals surface area (Å²) in [7, 11) is 0. The van der Waals surface area contributed by atoms with Crippen LogP contribution in [0, 0.1) is 12.8 Å². The first kappa shape index (κ1) is 12.9. The first-order valence-electron chi connectivity index (χ1n) is 7.05. The largest absolute Gasteiger partial charge is 0.325 e. The zero-order chi connectivity index (χ0) is 13.9. The highest BCUT2D eigenvalue weighted by atomic mass is 16.1. The quantitative estimate of drug-likeness (QED) is 0.858. The van der Waals surface area contributed by atoms with Gasteiger partial charge < -0.3 is 5.32 Å². The van der Waals surface area contributed by atoms with E-state index in [-0.39, 0.29) is 5.91 Å². The molecule has 3 heteroatoms. The molecule has 1 N–H and O–H groups in total. The molecule has 0 spiro atoms. The van der Waals surface area contributed by atoms with Gasteiger partial charge in [-0.2, -0.15) is 0 Å². The molecule has 1 heterocycles. The maximum absolute atomic E-state index is 12.1. The first-order valence-corrected chi connectivity index (χ1v) is 7.05. The van der Waals surface area contributed by atoms with E-state index >= 15 is 0 Å². The van der Waals surface area contributed by atoms with Crippen molar-refractivity contribution in [3.63, 3.8) is 0 Å². The predicted molar refractivity (Wildman–Crippen MR) is 81.6 cm³/mol. The van der Waals surface area contributed by atoms with Crippen molar-refractivity contribution < 1.29 is 4.79 Å². The van der Waals surface area contributed by atoms with Crippen molar-refractivity contribution in [3.8, 4) is 0 Å². The number of anilines is 1. The molecule has 0 bridgehead atoms. The number of benzene rings is 1. The Hall–Kier alpha value is -2.16. The van der Waals surface area contributed by atoms with Gasteiger partial charge in [0.05, 0.1) is 11.2 Å². The van der Waals surface area contributed by atoms with Crippen molar-refractivity contribution in [2.75, 3.05) is 5.32 Å². The van der Waals surface area contributed by atoms with Crippen LogP contribution in [-0.4, -0.2) is 10.9 Å². The van der Waals surface area contributed by atoms with Gasteiger partial charge in [0.15, 0.2) is 0 Å². The van der Waals surface area contributed by atoms with Crippen LogP contribution in [-0.2, 0) is 4.79 Å². The number of rotatable bonds is 3. The van der Waals surface area contributed by atoms with Crippen LogP contribution < -0.4 is 5.32 Å². The van der Waals surface area contributed by atoms with Gasteiger partial charge in [-0.15, -0.1) is 0 Å². The molecule has 1 amide bonds. The van der Waals surface area contributed by atoms with E-state index in [1.54, 1.807) is 6.20 Å². The summed E-state index contributed by atoms with van der Waals surface area (Å²) in [5.74, 6) is 0.473. The predicted octanol–water partition coefficient (Wildman–Crippen LogP) is 3.84. The van der Waals surface area contributed by atoms with Crippen LogP contribution in [0.25, 0.3) is 10.9 Å². The van der Waals surface area contributed by atoms with Crippen LogP contribution in [0.1, 0.15) is 24.8 Å². The van der Waals surface area contributed by atoms with Gasteiger partial charge in [-0.05, 0) is 49.4 Å². The molecule has 0 saturated carbocycles. The molecule has 3 rings (SSSR count). The van der Waals surface area contributed by atoms with Crippen molar-refractivity contribution in [2.45, 2.75) is 26.2 Å². The summed E-state index contributed by atoms with van der Waals surface area (Å²) in [6.45, 7) is 2.03. The number of pyridine rings is 1. The lowest BCUT2D eigenvalue weighted by Gasteiger charge is -2.11. The second kappa shape index (κ2) is 5.45. The zero-order valence-corrected chi connectivity index (χ0v) is 11.6. The molecule has 102 valence electrons. The molecule has 1 aromatic carbocycles. The molecule has 0 fully saturated rings. The number of aryl methyl sites for hydroxylation is 1. The van der Waals surface area contributed by atoms with Crippen molar-refractivity contribution in [1.29, 1.82) is 0 Å². The number of carbonyl (C=O) groups is 1. The van der Waals surface area contributed by atoms with Gasteiger partial charge in [0.1, 0.15) is 0 Å². The number of amides is 1. The summed E-state index contributed by atoms with van der Waals surface area (Å²) in [5, 5.41) is 4.03. The van der Waals surface area contributed by atoms with E-state index in [0.29, 0.717) is 12.3 Å². The van der Waals surface area contributed by atoms with Crippen molar-refractivity contribution in [2.24, 2.45) is 5.92 Å². The fourth-order valence-electron chi connectivity index (χ4n) is 2.73. The molecule has 1 atom stereocenters. The summed E-state index contributed by atoms with van der Waals surface area (Å²) in [6, 6.07) is 7.86. The van der Waals surface area contributed by atoms with Crippen LogP contribution in [0.3, 0.4) is 0 Å². The average Bonchev–Trinajstić information content (AvgIpc) is 2.95. The minimum atomic E-state index is 0.0792. The topological polar surface area (TPSA) is 42.0 Å². The van der Waals surface area contributed by atoms with Crippen molar-refractivity contribution in [3.05, 3.63) is 48.2 Å². The fraction of sp³-hybridized carbons (Fsp3) is 0.294. The third kappa shape index (κ3) is 2.57. The lowest BCUT2D eigenvalue weighted by atomic mass is 10.0. The van der Waals surface area contributed by atoms with Crippen LogP contribution in [0.15, 0.2) is 42.6 Å². The Labute approximate surface area is 118 Å². The van der Waals surface area contributed by atoms with E-state index in [2.05, 4.69) is 22.5 Å². The molecule has 2 aromatic rings. The van der Waals surface area contributed by atoms with E-state index in [1.807, 2.05) is 31.2 Å². The van der Waals surface area contributed by atoms with Crippen LogP contribution in [0.5, 0.6) is 0 Å². The van der Waals surface area contributed by atoms with Crippen LogP contribution in [0.4, 0.5) is 5.69 Å². The number of carbonyl (C=O) groups excluding carboxylic acids is 1. The highest BCUT2D eigenvalue weighted by Crippen LogP contribution is 2.26. The minimum Gasteiger partial charge on any atom is -0.325 e. The number of nitrogens with zero attached hydrogens (tertiary/aromatic N) is 1. The summed E-state index contributed by atoms with van der Waals surface area (Å²) >= 11 is 0. The van der Waals surface area contributed by atoms with Gasteiger partial charge in [-0.25, -0.2) is 0 Å². The Morgan fingerprint density at radius 1 is 1.40 bits per heavy atom. The number of fused-ring (bicyclic) bond motifs is 1. The van der Waals surface area contributed by atoms with E-state index in [1.165, 1.54) is 0 Å². The highest BCUT2D eigenvalue weighted by molar-refractivity contribution is 6.01. The van der Waals surface area contributed by atoms with E-state index in [0.717, 1.165) is 35.0 Å². The molecule has 0 saturated heterocycles. The fourth-order valence-corrected chi connectivity index (χ4v) is 2.73. The highest BCUT2D eigenvalue weighted by Gasteiger charge is 2.15. The third-order valence-corrected chi connectivity index (χ3v) is 3.81. The molecule has 0 radical (unpaired) electrons. The minimum absolute atomic E-state index is 0.0792. The lowest BCUT2D eigenvalue weighted by molar-refractivity contribution is -0.116. The zero-order valence-electron chi connectivity index (χ0n) is 11.6. The Bertz CT molecular complexity index is 676. The molecule has 1 unspecified atom stereocenters. The standard InChI is InChI=1S/C17H18N2O/c1-12-8-9-15(14-7-4-10-18-17(12)14)19-16(20)11-13-5-2-3-6-13/h2,4-5,7-10,13H,3,6,11H2,1H3,(H,19,20). The first-order chi connectivity index (χ1) is 9.74. The second-order valence-corrected chi connectivity index (χ2v) is 5.35. The third-order valence-electron chi connectivity index (χ3n) is 3.81.